The van der Waals surface area contributed by atoms with Gasteiger partial charge in [0.05, 0.1) is 19.3 Å². The molecule has 6 nitrogen and oxygen atoms in total. The molecule has 19 heavy (non-hydrogen) atoms. The van der Waals surface area contributed by atoms with Crippen molar-refractivity contribution >= 4 is 11.8 Å². The molecule has 2 N–H and O–H groups in total. The average Bonchev–Trinajstić information content (AvgIpc) is 2.75. The standard InChI is InChI=1S/C13H23N3O3/c1-9(2)15-11(17)10-5-4-6-16(10)13(7-19-8-13)12(18)14-3/h9-10H,4-8H2,1-3H3,(H,14,18)(H,15,17)/t10-/m0/s1. The molecule has 0 saturated carbocycles. The van der Waals surface area contributed by atoms with Crippen molar-refractivity contribution in [1.82, 2.24) is 15.5 Å². The lowest BCUT2D eigenvalue weighted by Gasteiger charge is -2.48. The maximum atomic E-state index is 12.2. The van der Waals surface area contributed by atoms with E-state index in [9.17, 15) is 9.59 Å². The number of carbonyl (C=O) groups excluding carboxylic acids is 2. The Hall–Kier alpha value is -1.14. The van der Waals surface area contributed by atoms with Crippen molar-refractivity contribution in [3.63, 3.8) is 0 Å². The number of nitrogens with zero attached hydrogens (tertiary/aromatic N) is 1. The smallest absolute Gasteiger partial charge is 0.245 e. The maximum absolute atomic E-state index is 12.2. The van der Waals surface area contributed by atoms with Gasteiger partial charge in [-0.15, -0.1) is 0 Å². The van der Waals surface area contributed by atoms with Crippen molar-refractivity contribution in [2.75, 3.05) is 26.8 Å². The van der Waals surface area contributed by atoms with Gasteiger partial charge in [0.25, 0.3) is 0 Å². The molecule has 0 unspecified atom stereocenters. The van der Waals surface area contributed by atoms with Crippen LogP contribution in [0.15, 0.2) is 0 Å². The van der Waals surface area contributed by atoms with Gasteiger partial charge in [0.15, 0.2) is 0 Å². The third-order valence-electron chi connectivity index (χ3n) is 3.87. The van der Waals surface area contributed by atoms with Gasteiger partial charge < -0.3 is 15.4 Å². The van der Waals surface area contributed by atoms with Gasteiger partial charge in [-0.25, -0.2) is 0 Å². The van der Waals surface area contributed by atoms with Crippen molar-refractivity contribution in [1.29, 1.82) is 0 Å². The maximum Gasteiger partial charge on any atom is 0.245 e. The summed E-state index contributed by atoms with van der Waals surface area (Å²) in [4.78, 5) is 26.4. The fourth-order valence-corrected chi connectivity index (χ4v) is 2.89. The molecular weight excluding hydrogens is 246 g/mol. The van der Waals surface area contributed by atoms with Gasteiger partial charge in [-0.2, -0.15) is 0 Å². The van der Waals surface area contributed by atoms with Crippen LogP contribution in [-0.2, 0) is 14.3 Å². The normalized spacial score (nSPS) is 26.0. The summed E-state index contributed by atoms with van der Waals surface area (Å²) >= 11 is 0. The van der Waals surface area contributed by atoms with Gasteiger partial charge in [-0.3, -0.25) is 14.5 Å². The van der Waals surface area contributed by atoms with E-state index in [4.69, 9.17) is 4.74 Å². The predicted molar refractivity (Wildman–Crippen MR) is 70.6 cm³/mol. The van der Waals surface area contributed by atoms with Crippen molar-refractivity contribution in [2.24, 2.45) is 0 Å². The van der Waals surface area contributed by atoms with Crippen molar-refractivity contribution < 1.29 is 14.3 Å². The number of carbonyl (C=O) groups is 2. The summed E-state index contributed by atoms with van der Waals surface area (Å²) < 4.78 is 5.25. The second-order valence-electron chi connectivity index (χ2n) is 5.62. The first-order valence-corrected chi connectivity index (χ1v) is 6.88. The number of ether oxygens (including phenoxy) is 1. The summed E-state index contributed by atoms with van der Waals surface area (Å²) in [5, 5.41) is 5.63. The molecule has 2 rings (SSSR count). The highest BCUT2D eigenvalue weighted by atomic mass is 16.5. The van der Waals surface area contributed by atoms with E-state index < -0.39 is 5.54 Å². The van der Waals surface area contributed by atoms with E-state index in [-0.39, 0.29) is 23.9 Å². The van der Waals surface area contributed by atoms with E-state index in [1.165, 1.54) is 0 Å². The first-order valence-electron chi connectivity index (χ1n) is 6.88. The monoisotopic (exact) mass is 269 g/mol. The van der Waals surface area contributed by atoms with Crippen molar-refractivity contribution in [2.45, 2.75) is 44.3 Å². The van der Waals surface area contributed by atoms with Crippen LogP contribution in [0.5, 0.6) is 0 Å². The Balaban J connectivity index is 2.13. The Morgan fingerprint density at radius 2 is 2.05 bits per heavy atom. The fraction of sp³-hybridized carbons (Fsp3) is 0.846. The number of hydrogen-bond acceptors (Lipinski definition) is 4. The molecule has 2 heterocycles. The molecule has 2 fully saturated rings. The lowest BCUT2D eigenvalue weighted by Crippen LogP contribution is -2.71. The van der Waals surface area contributed by atoms with Crippen LogP contribution in [0.25, 0.3) is 0 Å². The number of amides is 2. The van der Waals surface area contributed by atoms with Gasteiger partial charge in [0, 0.05) is 19.6 Å². The molecule has 0 radical (unpaired) electrons. The summed E-state index contributed by atoms with van der Waals surface area (Å²) in [6.45, 7) is 5.40. The van der Waals surface area contributed by atoms with Crippen LogP contribution in [0.2, 0.25) is 0 Å². The van der Waals surface area contributed by atoms with Crippen LogP contribution in [0.1, 0.15) is 26.7 Å². The van der Waals surface area contributed by atoms with Crippen LogP contribution in [-0.4, -0.2) is 61.1 Å². The molecule has 0 spiro atoms. The topological polar surface area (TPSA) is 70.7 Å². The van der Waals surface area contributed by atoms with Gasteiger partial charge in [-0.1, -0.05) is 0 Å². The van der Waals surface area contributed by atoms with E-state index in [0.29, 0.717) is 13.2 Å². The second-order valence-corrected chi connectivity index (χ2v) is 5.62. The molecule has 0 aliphatic carbocycles. The first kappa shape index (κ1) is 14.3. The predicted octanol–water partition coefficient (Wildman–Crippen LogP) is -0.510. The van der Waals surface area contributed by atoms with Crippen molar-refractivity contribution in [3.8, 4) is 0 Å². The number of rotatable bonds is 4. The molecule has 0 aromatic rings. The molecular formula is C13H23N3O3. The van der Waals surface area contributed by atoms with E-state index in [0.717, 1.165) is 19.4 Å². The summed E-state index contributed by atoms with van der Waals surface area (Å²) in [7, 11) is 1.63. The zero-order valence-corrected chi connectivity index (χ0v) is 11.9. The zero-order valence-electron chi connectivity index (χ0n) is 11.9. The highest BCUT2D eigenvalue weighted by molar-refractivity contribution is 5.89. The van der Waals surface area contributed by atoms with Crippen LogP contribution in [0.4, 0.5) is 0 Å². The SMILES string of the molecule is CNC(=O)C1(N2CCC[C@H]2C(=O)NC(C)C)COC1. The third-order valence-corrected chi connectivity index (χ3v) is 3.87. The number of nitrogens with one attached hydrogen (secondary N) is 2. The first-order chi connectivity index (χ1) is 9.01. The van der Waals surface area contributed by atoms with Crippen LogP contribution < -0.4 is 10.6 Å². The van der Waals surface area contributed by atoms with Crippen LogP contribution in [0, 0.1) is 0 Å². The quantitative estimate of drug-likeness (QED) is 0.721. The lowest BCUT2D eigenvalue weighted by molar-refractivity contribution is -0.174. The highest BCUT2D eigenvalue weighted by Crippen LogP contribution is 2.33. The molecule has 2 amide bonds. The molecule has 108 valence electrons. The van der Waals surface area contributed by atoms with E-state index in [2.05, 4.69) is 10.6 Å². The Labute approximate surface area is 113 Å². The minimum Gasteiger partial charge on any atom is -0.376 e. The molecule has 2 aliphatic rings. The van der Waals surface area contributed by atoms with Gasteiger partial charge >= 0.3 is 0 Å². The minimum atomic E-state index is -0.649. The largest absolute Gasteiger partial charge is 0.376 e. The fourth-order valence-electron chi connectivity index (χ4n) is 2.89. The lowest BCUT2D eigenvalue weighted by atomic mass is 9.92. The summed E-state index contributed by atoms with van der Waals surface area (Å²) in [6.07, 6.45) is 1.74. The molecule has 2 saturated heterocycles. The Kier molecular flexibility index (Phi) is 4.10. The molecule has 0 aromatic heterocycles. The number of likely N-dealkylation sites (tertiary alicyclic amines) is 1. The summed E-state index contributed by atoms with van der Waals surface area (Å²) in [5.74, 6) is -0.0364. The van der Waals surface area contributed by atoms with Gasteiger partial charge in [0.1, 0.15) is 5.54 Å². The van der Waals surface area contributed by atoms with E-state index >= 15 is 0 Å². The summed E-state index contributed by atoms with van der Waals surface area (Å²) in [5.41, 5.74) is -0.649. The molecule has 0 aromatic carbocycles. The molecule has 6 heteroatoms. The second kappa shape index (κ2) is 5.46. The summed E-state index contributed by atoms with van der Waals surface area (Å²) in [6, 6.07) is -0.104. The van der Waals surface area contributed by atoms with Gasteiger partial charge in [-0.05, 0) is 26.7 Å². The minimum absolute atomic E-state index is 0.0164. The zero-order chi connectivity index (χ0) is 14.0. The third kappa shape index (κ3) is 2.47. The average molecular weight is 269 g/mol. The van der Waals surface area contributed by atoms with E-state index in [1.807, 2.05) is 18.7 Å². The Morgan fingerprint density at radius 1 is 1.37 bits per heavy atom. The van der Waals surface area contributed by atoms with E-state index in [1.54, 1.807) is 7.05 Å². The molecule has 1 atom stereocenters. The molecule has 2 aliphatic heterocycles. The Morgan fingerprint density at radius 3 is 2.53 bits per heavy atom. The molecule has 0 bridgehead atoms. The van der Waals surface area contributed by atoms with Crippen LogP contribution >= 0.6 is 0 Å². The van der Waals surface area contributed by atoms with Crippen molar-refractivity contribution in [3.05, 3.63) is 0 Å². The highest BCUT2D eigenvalue weighted by Gasteiger charge is 2.55. The Bertz CT molecular complexity index is 366. The number of hydrogen-bond donors (Lipinski definition) is 2. The van der Waals surface area contributed by atoms with Gasteiger partial charge in [0.2, 0.25) is 11.8 Å². The number of likely N-dealkylation sites (N-methyl/N-ethyl adjacent to an activating group) is 1. The van der Waals surface area contributed by atoms with Crippen LogP contribution in [0.3, 0.4) is 0 Å².